The van der Waals surface area contributed by atoms with Crippen LogP contribution < -0.4 is 0 Å². The SMILES string of the molecule is O=C1c2ccccc2C(=O)c2cc(-n3cc(CO)nn3)ccc21. The molecule has 0 saturated heterocycles. The van der Waals surface area contributed by atoms with Crippen LogP contribution in [0.25, 0.3) is 5.69 Å². The second-order valence-corrected chi connectivity index (χ2v) is 5.25. The Kier molecular flexibility index (Phi) is 2.92. The fourth-order valence-electron chi connectivity index (χ4n) is 2.73. The first kappa shape index (κ1) is 13.5. The van der Waals surface area contributed by atoms with Crippen molar-refractivity contribution in [3.8, 4) is 5.69 Å². The molecule has 0 amide bonds. The van der Waals surface area contributed by atoms with Crippen LogP contribution in [0.1, 0.15) is 37.5 Å². The van der Waals surface area contributed by atoms with Crippen LogP contribution in [0.5, 0.6) is 0 Å². The Labute approximate surface area is 131 Å². The maximum atomic E-state index is 12.7. The Morgan fingerprint density at radius 2 is 1.57 bits per heavy atom. The number of aromatic nitrogens is 3. The van der Waals surface area contributed by atoms with Crippen molar-refractivity contribution in [2.45, 2.75) is 6.61 Å². The molecule has 0 bridgehead atoms. The zero-order valence-corrected chi connectivity index (χ0v) is 11.9. The lowest BCUT2D eigenvalue weighted by atomic mass is 9.84. The van der Waals surface area contributed by atoms with Crippen molar-refractivity contribution in [2.24, 2.45) is 0 Å². The van der Waals surface area contributed by atoms with Gasteiger partial charge in [-0.05, 0) is 18.2 Å². The van der Waals surface area contributed by atoms with Gasteiger partial charge >= 0.3 is 0 Å². The summed E-state index contributed by atoms with van der Waals surface area (Å²) in [5, 5.41) is 16.8. The molecule has 1 heterocycles. The van der Waals surface area contributed by atoms with Gasteiger partial charge in [-0.3, -0.25) is 9.59 Å². The Bertz CT molecular complexity index is 959. The molecule has 0 radical (unpaired) electrons. The molecule has 23 heavy (non-hydrogen) atoms. The third-order valence-electron chi connectivity index (χ3n) is 3.88. The van der Waals surface area contributed by atoms with Gasteiger partial charge in [0.25, 0.3) is 0 Å². The molecule has 0 fully saturated rings. The van der Waals surface area contributed by atoms with Gasteiger partial charge in [-0.1, -0.05) is 29.5 Å². The summed E-state index contributed by atoms with van der Waals surface area (Å²) in [6.45, 7) is -0.213. The van der Waals surface area contributed by atoms with Crippen LogP contribution in [0.4, 0.5) is 0 Å². The first-order valence-electron chi connectivity index (χ1n) is 7.04. The molecular weight excluding hydrogens is 294 g/mol. The number of hydrogen-bond donors (Lipinski definition) is 1. The van der Waals surface area contributed by atoms with Crippen molar-refractivity contribution < 1.29 is 14.7 Å². The quantitative estimate of drug-likeness (QED) is 0.607. The van der Waals surface area contributed by atoms with Gasteiger partial charge in [0.05, 0.1) is 18.5 Å². The predicted molar refractivity (Wildman–Crippen MR) is 80.6 cm³/mol. The number of hydrogen-bond acceptors (Lipinski definition) is 5. The zero-order chi connectivity index (χ0) is 16.0. The number of carbonyl (C=O) groups excluding carboxylic acids is 2. The fraction of sp³-hybridized carbons (Fsp3) is 0.0588. The van der Waals surface area contributed by atoms with E-state index >= 15 is 0 Å². The molecule has 0 spiro atoms. The lowest BCUT2D eigenvalue weighted by Crippen LogP contribution is -2.21. The van der Waals surface area contributed by atoms with Crippen LogP contribution >= 0.6 is 0 Å². The molecule has 0 atom stereocenters. The second-order valence-electron chi connectivity index (χ2n) is 5.25. The molecule has 1 aliphatic carbocycles. The van der Waals surface area contributed by atoms with E-state index in [1.807, 2.05) is 0 Å². The molecule has 0 unspecified atom stereocenters. The van der Waals surface area contributed by atoms with Gasteiger partial charge < -0.3 is 5.11 Å². The number of aliphatic hydroxyl groups excluding tert-OH is 1. The van der Waals surface area contributed by atoms with Gasteiger partial charge in [0, 0.05) is 22.3 Å². The highest BCUT2D eigenvalue weighted by atomic mass is 16.3. The molecule has 1 aliphatic rings. The van der Waals surface area contributed by atoms with E-state index in [0.717, 1.165) is 0 Å². The summed E-state index contributed by atoms with van der Waals surface area (Å²) in [4.78, 5) is 25.2. The number of rotatable bonds is 2. The van der Waals surface area contributed by atoms with E-state index in [1.54, 1.807) is 48.7 Å². The van der Waals surface area contributed by atoms with Crippen LogP contribution in [0, 0.1) is 0 Å². The minimum atomic E-state index is -0.213. The summed E-state index contributed by atoms with van der Waals surface area (Å²) in [7, 11) is 0. The molecule has 0 saturated carbocycles. The standard InChI is InChI=1S/C17H11N3O3/c21-9-10-8-20(19-18-10)11-5-6-14-15(7-11)17(23)13-4-2-1-3-12(13)16(14)22/h1-8,21H,9H2. The van der Waals surface area contributed by atoms with E-state index in [9.17, 15) is 9.59 Å². The van der Waals surface area contributed by atoms with E-state index in [2.05, 4.69) is 10.3 Å². The largest absolute Gasteiger partial charge is 0.390 e. The van der Waals surface area contributed by atoms with Crippen LogP contribution in [0.3, 0.4) is 0 Å². The lowest BCUT2D eigenvalue weighted by Gasteiger charge is -2.17. The number of nitrogens with zero attached hydrogens (tertiary/aromatic N) is 3. The number of benzene rings is 2. The van der Waals surface area contributed by atoms with Crippen molar-refractivity contribution in [3.05, 3.63) is 76.6 Å². The maximum absolute atomic E-state index is 12.7. The Morgan fingerprint density at radius 1 is 0.913 bits per heavy atom. The average Bonchev–Trinajstić information content (AvgIpc) is 3.08. The van der Waals surface area contributed by atoms with E-state index in [1.165, 1.54) is 4.68 Å². The Hall–Kier alpha value is -3.12. The minimum Gasteiger partial charge on any atom is -0.390 e. The number of carbonyl (C=O) groups is 2. The molecule has 3 aromatic rings. The summed E-state index contributed by atoms with van der Waals surface area (Å²) in [5.41, 5.74) is 2.62. The fourth-order valence-corrected chi connectivity index (χ4v) is 2.73. The smallest absolute Gasteiger partial charge is 0.194 e. The number of fused-ring (bicyclic) bond motifs is 2. The van der Waals surface area contributed by atoms with Gasteiger partial charge in [0.15, 0.2) is 11.6 Å². The monoisotopic (exact) mass is 305 g/mol. The predicted octanol–water partition coefficient (Wildman–Crippen LogP) is 1.53. The van der Waals surface area contributed by atoms with Gasteiger partial charge in [-0.15, -0.1) is 5.10 Å². The van der Waals surface area contributed by atoms with Crippen LogP contribution in [0.2, 0.25) is 0 Å². The van der Waals surface area contributed by atoms with Crippen molar-refractivity contribution in [1.29, 1.82) is 0 Å². The van der Waals surface area contributed by atoms with Gasteiger partial charge in [0.2, 0.25) is 0 Å². The Morgan fingerprint density at radius 3 is 2.22 bits per heavy atom. The summed E-state index contributed by atoms with van der Waals surface area (Å²) in [6.07, 6.45) is 1.57. The summed E-state index contributed by atoms with van der Waals surface area (Å²) < 4.78 is 1.46. The maximum Gasteiger partial charge on any atom is 0.194 e. The van der Waals surface area contributed by atoms with E-state index in [0.29, 0.717) is 33.6 Å². The van der Waals surface area contributed by atoms with Crippen LogP contribution in [0.15, 0.2) is 48.7 Å². The third kappa shape index (κ3) is 2.00. The molecule has 1 N–H and O–H groups in total. The van der Waals surface area contributed by atoms with Gasteiger partial charge in [0.1, 0.15) is 5.69 Å². The molecule has 4 rings (SSSR count). The molecule has 1 aromatic heterocycles. The molecule has 0 aliphatic heterocycles. The normalized spacial score (nSPS) is 12.9. The van der Waals surface area contributed by atoms with Crippen molar-refractivity contribution >= 4 is 11.6 Å². The van der Waals surface area contributed by atoms with Crippen molar-refractivity contribution in [2.75, 3.05) is 0 Å². The third-order valence-corrected chi connectivity index (χ3v) is 3.88. The van der Waals surface area contributed by atoms with Crippen LogP contribution in [-0.2, 0) is 6.61 Å². The first-order chi connectivity index (χ1) is 11.2. The summed E-state index contributed by atoms with van der Waals surface area (Å²) in [6, 6.07) is 11.8. The van der Waals surface area contributed by atoms with Gasteiger partial charge in [-0.25, -0.2) is 4.68 Å². The van der Waals surface area contributed by atoms with Crippen molar-refractivity contribution in [1.82, 2.24) is 15.0 Å². The first-order valence-corrected chi connectivity index (χ1v) is 7.04. The molecule has 112 valence electrons. The molecule has 6 nitrogen and oxygen atoms in total. The Balaban J connectivity index is 1.86. The molecular formula is C17H11N3O3. The minimum absolute atomic E-state index is 0.156. The second kappa shape index (κ2) is 4.96. The van der Waals surface area contributed by atoms with E-state index in [4.69, 9.17) is 5.11 Å². The van der Waals surface area contributed by atoms with E-state index in [-0.39, 0.29) is 18.2 Å². The summed E-state index contributed by atoms with van der Waals surface area (Å²) in [5.74, 6) is -0.337. The lowest BCUT2D eigenvalue weighted by molar-refractivity contribution is 0.0979. The number of aliphatic hydroxyl groups is 1. The van der Waals surface area contributed by atoms with E-state index < -0.39 is 0 Å². The van der Waals surface area contributed by atoms with Crippen molar-refractivity contribution in [3.63, 3.8) is 0 Å². The van der Waals surface area contributed by atoms with Gasteiger partial charge in [-0.2, -0.15) is 0 Å². The number of ketones is 2. The molecule has 6 heteroatoms. The highest BCUT2D eigenvalue weighted by Gasteiger charge is 2.29. The highest BCUT2D eigenvalue weighted by molar-refractivity contribution is 6.28. The molecule has 2 aromatic carbocycles. The average molecular weight is 305 g/mol. The topological polar surface area (TPSA) is 85.1 Å². The zero-order valence-electron chi connectivity index (χ0n) is 11.9. The highest BCUT2D eigenvalue weighted by Crippen LogP contribution is 2.28. The van der Waals surface area contributed by atoms with Crippen LogP contribution in [-0.4, -0.2) is 31.7 Å². The summed E-state index contributed by atoms with van der Waals surface area (Å²) >= 11 is 0.